The number of alkyl carbamates (subject to hydrolysis) is 2. The monoisotopic (exact) mass is 737 g/mol. The summed E-state index contributed by atoms with van der Waals surface area (Å²) in [5.74, 6) is 0.857. The van der Waals surface area contributed by atoms with Crippen molar-refractivity contribution in [3.8, 4) is 11.3 Å². The van der Waals surface area contributed by atoms with E-state index in [-0.39, 0.29) is 29.9 Å². The third-order valence-electron chi connectivity index (χ3n) is 11.3. The summed E-state index contributed by atoms with van der Waals surface area (Å²) < 4.78 is 11.7. The number of aromatic nitrogens is 2. The number of ether oxygens (including phenoxy) is 2. The van der Waals surface area contributed by atoms with Gasteiger partial charge in [-0.25, -0.2) is 14.6 Å². The van der Waals surface area contributed by atoms with E-state index >= 15 is 0 Å². The van der Waals surface area contributed by atoms with Gasteiger partial charge in [-0.1, -0.05) is 24.3 Å². The maximum absolute atomic E-state index is 13.6. The minimum absolute atomic E-state index is 0.0595. The van der Waals surface area contributed by atoms with E-state index in [1.807, 2.05) is 17.3 Å². The van der Waals surface area contributed by atoms with Gasteiger partial charge >= 0.3 is 12.2 Å². The molecule has 0 spiro atoms. The smallest absolute Gasteiger partial charge is 0.407 e. The zero-order valence-electron chi connectivity index (χ0n) is 30.2. The minimum Gasteiger partial charge on any atom is -0.453 e. The number of fused-ring (bicyclic) bond motifs is 5. The Hall–Kier alpha value is -5.24. The van der Waals surface area contributed by atoms with Crippen LogP contribution in [0.2, 0.25) is 0 Å². The minimum atomic E-state index is -0.705. The van der Waals surface area contributed by atoms with Crippen LogP contribution < -0.4 is 10.6 Å². The quantitative estimate of drug-likeness (QED) is 0.195. The Morgan fingerprint density at radius 3 is 2.30 bits per heavy atom. The summed E-state index contributed by atoms with van der Waals surface area (Å²) in [5.41, 5.74) is 5.16. The maximum atomic E-state index is 13.6. The predicted octanol–water partition coefficient (Wildman–Crippen LogP) is 6.16. The predicted molar refractivity (Wildman–Crippen MR) is 202 cm³/mol. The summed E-state index contributed by atoms with van der Waals surface area (Å²) in [6.45, 7) is 3.97. The lowest BCUT2D eigenvalue weighted by molar-refractivity contribution is -0.136. The van der Waals surface area contributed by atoms with E-state index < -0.39 is 24.3 Å². The van der Waals surface area contributed by atoms with Crippen LogP contribution in [0, 0.1) is 5.92 Å². The number of hydrogen-bond acceptors (Lipinski definition) is 9. The molecule has 3 N–H and O–H groups in total. The first-order chi connectivity index (χ1) is 25.6. The largest absolute Gasteiger partial charge is 0.453 e. The Labute approximate surface area is 310 Å². The van der Waals surface area contributed by atoms with Crippen LogP contribution in [-0.4, -0.2) is 94.4 Å². The lowest BCUT2D eigenvalue weighted by atomic mass is 9.90. The van der Waals surface area contributed by atoms with Crippen molar-refractivity contribution >= 4 is 66.8 Å². The maximum Gasteiger partial charge on any atom is 0.407 e. The molecule has 0 unspecified atom stereocenters. The van der Waals surface area contributed by atoms with Gasteiger partial charge in [0.15, 0.2) is 0 Å². The number of hydrogen-bond donors (Lipinski definition) is 3. The SMILES string of the molecule is COC(=O)N[C@@H](C)C(=O)N1CCC[C@H]1c1ncc(-c2ccc3c(c2)sc2cc(C4=CN=C([C@@H]5[C@H]6CC[C@H](C6)N5C(=O)[C@H](C)NC(=O)OC)C4)ccc23)[nH]1. The topological polar surface area (TPSA) is 158 Å². The molecular weight excluding hydrogens is 695 g/mol. The lowest BCUT2D eigenvalue weighted by Gasteiger charge is -2.37. The number of methoxy groups -OCH3 is 2. The number of benzene rings is 2. The molecule has 1 aliphatic carbocycles. The molecule has 6 atom stereocenters. The number of allylic oxidation sites excluding steroid dienone is 1. The summed E-state index contributed by atoms with van der Waals surface area (Å²) >= 11 is 1.75. The molecule has 4 aromatic rings. The molecule has 3 aliphatic heterocycles. The number of carbonyl (C=O) groups excluding carboxylic acids is 4. The van der Waals surface area contributed by atoms with E-state index in [1.54, 1.807) is 30.1 Å². The van der Waals surface area contributed by atoms with E-state index in [0.717, 1.165) is 70.7 Å². The highest BCUT2D eigenvalue weighted by Gasteiger charge is 2.51. The average molecular weight is 738 g/mol. The molecular formula is C39H43N7O6S. The Bertz CT molecular complexity index is 2190. The van der Waals surface area contributed by atoms with Crippen molar-refractivity contribution in [1.82, 2.24) is 30.4 Å². The zero-order chi connectivity index (χ0) is 37.0. The summed E-state index contributed by atoms with van der Waals surface area (Å²) in [6, 6.07) is 11.6. The fraction of sp³-hybridized carbons (Fsp3) is 0.436. The van der Waals surface area contributed by atoms with Crippen LogP contribution in [0.1, 0.15) is 69.8 Å². The number of aromatic amines is 1. The molecule has 276 valence electrons. The number of thiophene rings is 1. The average Bonchev–Trinajstić information content (AvgIpc) is 4.02. The first-order valence-electron chi connectivity index (χ1n) is 18.2. The third kappa shape index (κ3) is 6.32. The highest BCUT2D eigenvalue weighted by atomic mass is 32.1. The number of aliphatic imine (C=N–C) groups is 1. The van der Waals surface area contributed by atoms with E-state index in [2.05, 4.69) is 61.7 Å². The molecule has 53 heavy (non-hydrogen) atoms. The number of rotatable bonds is 8. The van der Waals surface area contributed by atoms with E-state index in [1.165, 1.54) is 29.7 Å². The number of nitrogens with one attached hydrogen (secondary N) is 3. The summed E-state index contributed by atoms with van der Waals surface area (Å²) in [5, 5.41) is 7.59. The molecule has 2 aromatic carbocycles. The van der Waals surface area contributed by atoms with Crippen molar-refractivity contribution in [2.24, 2.45) is 10.9 Å². The second kappa shape index (κ2) is 14.0. The van der Waals surface area contributed by atoms with Gasteiger partial charge in [0.1, 0.15) is 17.9 Å². The molecule has 4 amide bonds. The Morgan fingerprint density at radius 1 is 0.906 bits per heavy atom. The molecule has 5 heterocycles. The number of imidazole rings is 1. The molecule has 3 fully saturated rings. The summed E-state index contributed by atoms with van der Waals surface area (Å²) in [4.78, 5) is 67.1. The van der Waals surface area contributed by atoms with Crippen molar-refractivity contribution in [1.29, 1.82) is 0 Å². The first kappa shape index (κ1) is 34.8. The lowest BCUT2D eigenvalue weighted by Crippen LogP contribution is -2.55. The van der Waals surface area contributed by atoms with Crippen LogP contribution in [0.3, 0.4) is 0 Å². The Kier molecular flexibility index (Phi) is 9.17. The van der Waals surface area contributed by atoms with E-state index in [9.17, 15) is 19.2 Å². The molecule has 13 nitrogen and oxygen atoms in total. The second-order valence-corrected chi connectivity index (χ2v) is 15.6. The molecule has 0 radical (unpaired) electrons. The number of H-pyrrole nitrogens is 1. The van der Waals surface area contributed by atoms with Gasteiger partial charge in [0.2, 0.25) is 11.8 Å². The molecule has 2 aromatic heterocycles. The third-order valence-corrected chi connectivity index (χ3v) is 12.4. The van der Waals surface area contributed by atoms with Gasteiger partial charge in [0.05, 0.1) is 38.2 Å². The molecule has 14 heteroatoms. The fourth-order valence-electron chi connectivity index (χ4n) is 8.72. The standard InChI is InChI=1S/C39H43N7O6S/c1-20(42-38(49)51-3)36(47)45-13-5-6-31(45)35-41-19-30(44-35)23-9-12-28-27-11-8-22(16-32(27)53-33(28)17-23)25-15-29(40-18-25)34-24-7-10-26(14-24)46(34)37(48)21(2)43-39(50)52-4/h8-9,11-12,16-21,24,26,31,34H,5-7,10,13-15H2,1-4H3,(H,41,44)(H,42,49)(H,43,50)/t20-,21-,24-,26+,31-,34-/m0/s1. The normalized spacial score (nSPS) is 23.2. The van der Waals surface area contributed by atoms with Crippen molar-refractivity contribution in [2.75, 3.05) is 20.8 Å². The van der Waals surface area contributed by atoms with Crippen LogP contribution in [0.4, 0.5) is 9.59 Å². The van der Waals surface area contributed by atoms with Crippen molar-refractivity contribution in [2.45, 2.75) is 82.6 Å². The highest BCUT2D eigenvalue weighted by Crippen LogP contribution is 2.46. The van der Waals surface area contributed by atoms with Gasteiger partial charge < -0.3 is 34.9 Å². The number of likely N-dealkylation sites (tertiary alicyclic amines) is 2. The number of carbonyl (C=O) groups is 4. The summed E-state index contributed by atoms with van der Waals surface area (Å²) in [7, 11) is 2.57. The van der Waals surface area contributed by atoms with Gasteiger partial charge in [0.25, 0.3) is 0 Å². The zero-order valence-corrected chi connectivity index (χ0v) is 31.0. The number of piperidine rings is 1. The van der Waals surface area contributed by atoms with Gasteiger partial charge in [-0.05, 0) is 75.1 Å². The van der Waals surface area contributed by atoms with E-state index in [4.69, 9.17) is 9.73 Å². The molecule has 2 bridgehead atoms. The van der Waals surface area contributed by atoms with Crippen LogP contribution in [0.25, 0.3) is 37.0 Å². The van der Waals surface area contributed by atoms with Gasteiger partial charge in [0, 0.05) is 56.7 Å². The van der Waals surface area contributed by atoms with Crippen LogP contribution in [0.5, 0.6) is 0 Å². The fourth-order valence-corrected chi connectivity index (χ4v) is 9.90. The molecule has 2 saturated heterocycles. The molecule has 4 aliphatic rings. The highest BCUT2D eigenvalue weighted by molar-refractivity contribution is 7.25. The van der Waals surface area contributed by atoms with E-state index in [0.29, 0.717) is 18.9 Å². The first-order valence-corrected chi connectivity index (χ1v) is 19.0. The number of amides is 4. The molecule has 1 saturated carbocycles. The number of nitrogens with zero attached hydrogens (tertiary/aromatic N) is 4. The van der Waals surface area contributed by atoms with Gasteiger partial charge in [-0.2, -0.15) is 0 Å². The Balaban J connectivity index is 0.975. The van der Waals surface area contributed by atoms with Crippen LogP contribution in [-0.2, 0) is 19.1 Å². The Morgan fingerprint density at radius 2 is 1.58 bits per heavy atom. The van der Waals surface area contributed by atoms with Gasteiger partial charge in [-0.3, -0.25) is 14.6 Å². The van der Waals surface area contributed by atoms with Crippen LogP contribution >= 0.6 is 11.3 Å². The van der Waals surface area contributed by atoms with Crippen molar-refractivity contribution in [3.05, 3.63) is 60.2 Å². The summed E-state index contributed by atoms with van der Waals surface area (Å²) in [6.07, 6.45) is 7.89. The van der Waals surface area contributed by atoms with Crippen molar-refractivity contribution in [3.63, 3.8) is 0 Å². The van der Waals surface area contributed by atoms with Crippen molar-refractivity contribution < 1.29 is 28.7 Å². The van der Waals surface area contributed by atoms with Gasteiger partial charge in [-0.15, -0.1) is 11.3 Å². The molecule has 8 rings (SSSR count). The van der Waals surface area contributed by atoms with Crippen LogP contribution in [0.15, 0.2) is 53.8 Å². The second-order valence-electron chi connectivity index (χ2n) is 14.5.